The third-order valence-electron chi connectivity index (χ3n) is 3.70. The summed E-state index contributed by atoms with van der Waals surface area (Å²) < 4.78 is 2.19. The predicted octanol–water partition coefficient (Wildman–Crippen LogP) is 3.96. The van der Waals surface area contributed by atoms with Gasteiger partial charge in [-0.05, 0) is 24.4 Å². The largest absolute Gasteiger partial charge is 0.340 e. The summed E-state index contributed by atoms with van der Waals surface area (Å²) in [6, 6.07) is 11.8. The Morgan fingerprint density at radius 1 is 1.35 bits per heavy atom. The molecule has 0 fully saturated rings. The second-order valence-corrected chi connectivity index (χ2v) is 6.04. The van der Waals surface area contributed by atoms with Crippen LogP contribution < -0.4 is 5.43 Å². The molecule has 0 spiro atoms. The van der Waals surface area contributed by atoms with Gasteiger partial charge in [0.25, 0.3) is 5.91 Å². The maximum absolute atomic E-state index is 11.9. The summed E-state index contributed by atoms with van der Waals surface area (Å²) in [6.07, 6.45) is 3.59. The van der Waals surface area contributed by atoms with E-state index in [4.69, 9.17) is 0 Å². The lowest BCUT2D eigenvalue weighted by Gasteiger charge is -2.03. The van der Waals surface area contributed by atoms with E-state index in [0.717, 1.165) is 28.7 Å². The van der Waals surface area contributed by atoms with Crippen LogP contribution in [-0.4, -0.2) is 16.7 Å². The van der Waals surface area contributed by atoms with Gasteiger partial charge >= 0.3 is 0 Å². The highest BCUT2D eigenvalue weighted by atomic mass is 32.1. The van der Waals surface area contributed by atoms with E-state index in [1.54, 1.807) is 12.3 Å². The molecule has 0 radical (unpaired) electrons. The maximum Gasteiger partial charge on any atom is 0.281 e. The number of allylic oxidation sites excluding steroid dienone is 1. The van der Waals surface area contributed by atoms with Crippen molar-refractivity contribution in [2.24, 2.45) is 5.10 Å². The minimum Gasteiger partial charge on any atom is -0.340 e. The van der Waals surface area contributed by atoms with Gasteiger partial charge in [-0.25, -0.2) is 5.43 Å². The van der Waals surface area contributed by atoms with Gasteiger partial charge in [-0.1, -0.05) is 30.3 Å². The van der Waals surface area contributed by atoms with Crippen molar-refractivity contribution in [1.82, 2.24) is 9.99 Å². The number of nitrogens with one attached hydrogen (secondary N) is 1. The van der Waals surface area contributed by atoms with Crippen LogP contribution in [0.1, 0.15) is 20.9 Å². The van der Waals surface area contributed by atoms with Crippen LogP contribution >= 0.6 is 11.3 Å². The maximum atomic E-state index is 11.9. The van der Waals surface area contributed by atoms with E-state index in [2.05, 4.69) is 33.8 Å². The molecule has 0 aliphatic carbocycles. The monoisotopic (exact) mass is 323 g/mol. The van der Waals surface area contributed by atoms with Crippen molar-refractivity contribution in [1.29, 1.82) is 0 Å². The number of hydrogen-bond donors (Lipinski definition) is 1. The standard InChI is InChI=1S/C18H17N3OS/c1-3-10-21-13(2)15(14-7-4-5-8-16(14)21)12-19-20-18(22)17-9-6-11-23-17/h3-9,11-12H,1,10H2,2H3,(H,20,22). The highest BCUT2D eigenvalue weighted by Gasteiger charge is 2.11. The second-order valence-electron chi connectivity index (χ2n) is 5.09. The Balaban J connectivity index is 1.90. The van der Waals surface area contributed by atoms with Gasteiger partial charge in [-0.15, -0.1) is 17.9 Å². The molecule has 0 unspecified atom stereocenters. The SMILES string of the molecule is C=CCn1c(C)c(C=NNC(=O)c2cccs2)c2ccccc21. The fourth-order valence-electron chi connectivity index (χ4n) is 2.60. The predicted molar refractivity (Wildman–Crippen MR) is 96.3 cm³/mol. The third kappa shape index (κ3) is 2.96. The molecule has 4 nitrogen and oxygen atoms in total. The molecule has 0 aliphatic rings. The quantitative estimate of drug-likeness (QED) is 0.431. The van der Waals surface area contributed by atoms with Crippen LogP contribution in [0.4, 0.5) is 0 Å². The van der Waals surface area contributed by atoms with Crippen molar-refractivity contribution in [3.8, 4) is 0 Å². The van der Waals surface area contributed by atoms with E-state index in [9.17, 15) is 4.79 Å². The van der Waals surface area contributed by atoms with Crippen molar-refractivity contribution in [3.63, 3.8) is 0 Å². The number of benzene rings is 1. The average molecular weight is 323 g/mol. The fourth-order valence-corrected chi connectivity index (χ4v) is 3.22. The topological polar surface area (TPSA) is 46.4 Å². The number of rotatable bonds is 5. The molecule has 0 bridgehead atoms. The van der Waals surface area contributed by atoms with Crippen molar-refractivity contribution in [2.45, 2.75) is 13.5 Å². The molecule has 2 heterocycles. The van der Waals surface area contributed by atoms with Gasteiger partial charge in [-0.3, -0.25) is 4.79 Å². The lowest BCUT2D eigenvalue weighted by atomic mass is 10.1. The molecular formula is C18H17N3OS. The summed E-state index contributed by atoms with van der Waals surface area (Å²) in [5.41, 5.74) is 5.82. The summed E-state index contributed by atoms with van der Waals surface area (Å²) in [7, 11) is 0. The van der Waals surface area contributed by atoms with Crippen molar-refractivity contribution in [2.75, 3.05) is 0 Å². The lowest BCUT2D eigenvalue weighted by molar-refractivity contribution is 0.0959. The zero-order chi connectivity index (χ0) is 16.2. The Bertz CT molecular complexity index is 875. The van der Waals surface area contributed by atoms with Crippen LogP contribution in [-0.2, 0) is 6.54 Å². The molecule has 1 aromatic carbocycles. The first-order valence-corrected chi connectivity index (χ1v) is 8.16. The number of para-hydroxylation sites is 1. The molecule has 23 heavy (non-hydrogen) atoms. The van der Waals surface area contributed by atoms with Gasteiger partial charge in [0.1, 0.15) is 0 Å². The highest BCUT2D eigenvalue weighted by Crippen LogP contribution is 2.24. The number of carbonyl (C=O) groups is 1. The van der Waals surface area contributed by atoms with Crippen molar-refractivity contribution >= 4 is 34.4 Å². The number of hydrogen-bond acceptors (Lipinski definition) is 3. The highest BCUT2D eigenvalue weighted by molar-refractivity contribution is 7.12. The zero-order valence-corrected chi connectivity index (χ0v) is 13.6. The van der Waals surface area contributed by atoms with Gasteiger partial charge < -0.3 is 4.57 Å². The summed E-state index contributed by atoms with van der Waals surface area (Å²) in [4.78, 5) is 12.6. The summed E-state index contributed by atoms with van der Waals surface area (Å²) in [6.45, 7) is 6.60. The van der Waals surface area contributed by atoms with E-state index < -0.39 is 0 Å². The molecule has 1 N–H and O–H groups in total. The van der Waals surface area contributed by atoms with E-state index in [1.807, 2.05) is 36.6 Å². The van der Waals surface area contributed by atoms with Crippen LogP contribution in [0.3, 0.4) is 0 Å². The molecule has 3 aromatic rings. The van der Waals surface area contributed by atoms with Crippen LogP contribution in [0.5, 0.6) is 0 Å². The molecule has 3 rings (SSSR count). The van der Waals surface area contributed by atoms with Crippen LogP contribution in [0.15, 0.2) is 59.5 Å². The molecule has 0 aliphatic heterocycles. The fraction of sp³-hybridized carbons (Fsp3) is 0.111. The number of carbonyl (C=O) groups excluding carboxylic acids is 1. The molecule has 1 amide bonds. The molecule has 0 saturated carbocycles. The average Bonchev–Trinajstić information content (AvgIpc) is 3.18. The number of hydrazone groups is 1. The molecule has 0 saturated heterocycles. The molecule has 0 atom stereocenters. The number of aromatic nitrogens is 1. The van der Waals surface area contributed by atoms with Gasteiger partial charge in [0.05, 0.1) is 11.1 Å². The number of nitrogens with zero attached hydrogens (tertiary/aromatic N) is 2. The van der Waals surface area contributed by atoms with Crippen molar-refractivity contribution in [3.05, 3.63) is 70.6 Å². The summed E-state index contributed by atoms with van der Waals surface area (Å²) >= 11 is 1.39. The zero-order valence-electron chi connectivity index (χ0n) is 12.8. The van der Waals surface area contributed by atoms with E-state index in [1.165, 1.54) is 11.3 Å². The summed E-state index contributed by atoms with van der Waals surface area (Å²) in [5.74, 6) is -0.191. The van der Waals surface area contributed by atoms with Crippen LogP contribution in [0.2, 0.25) is 0 Å². The Morgan fingerprint density at radius 3 is 2.91 bits per heavy atom. The minimum absolute atomic E-state index is 0.191. The van der Waals surface area contributed by atoms with E-state index >= 15 is 0 Å². The van der Waals surface area contributed by atoms with E-state index in [0.29, 0.717) is 4.88 Å². The first-order chi connectivity index (χ1) is 11.2. The van der Waals surface area contributed by atoms with Crippen LogP contribution in [0.25, 0.3) is 10.9 Å². The Kier molecular flexibility index (Phi) is 4.39. The number of fused-ring (bicyclic) bond motifs is 1. The van der Waals surface area contributed by atoms with Gasteiger partial charge in [0, 0.05) is 28.7 Å². The van der Waals surface area contributed by atoms with Gasteiger partial charge in [0.2, 0.25) is 0 Å². The van der Waals surface area contributed by atoms with Crippen LogP contribution in [0, 0.1) is 6.92 Å². The lowest BCUT2D eigenvalue weighted by Crippen LogP contribution is -2.16. The van der Waals surface area contributed by atoms with Gasteiger partial charge in [0.15, 0.2) is 0 Å². The number of thiophene rings is 1. The third-order valence-corrected chi connectivity index (χ3v) is 4.56. The molecular weight excluding hydrogens is 306 g/mol. The number of amides is 1. The molecule has 116 valence electrons. The summed E-state index contributed by atoms with van der Waals surface area (Å²) in [5, 5.41) is 7.10. The normalized spacial score (nSPS) is 11.2. The van der Waals surface area contributed by atoms with E-state index in [-0.39, 0.29) is 5.91 Å². The Hall–Kier alpha value is -2.66. The molecule has 5 heteroatoms. The molecule has 2 aromatic heterocycles. The smallest absolute Gasteiger partial charge is 0.281 e. The Labute approximate surface area is 138 Å². The van der Waals surface area contributed by atoms with Crippen molar-refractivity contribution < 1.29 is 4.79 Å². The Morgan fingerprint density at radius 2 is 2.17 bits per heavy atom. The minimum atomic E-state index is -0.191. The van der Waals surface area contributed by atoms with Gasteiger partial charge in [-0.2, -0.15) is 5.10 Å². The first kappa shape index (κ1) is 15.2. The second kappa shape index (κ2) is 6.62. The first-order valence-electron chi connectivity index (χ1n) is 7.28.